The highest BCUT2D eigenvalue weighted by Gasteiger charge is 2.31. The molecule has 0 spiro atoms. The molecule has 1 N–H and O–H groups in total. The second kappa shape index (κ2) is 6.10. The number of rotatable bonds is 3. The third-order valence-corrected chi connectivity index (χ3v) is 5.77. The summed E-state index contributed by atoms with van der Waals surface area (Å²) >= 11 is 5.98. The maximum absolute atomic E-state index is 12.5. The number of halogens is 1. The maximum atomic E-state index is 12.5. The Morgan fingerprint density at radius 3 is 2.85 bits per heavy atom. The van der Waals surface area contributed by atoms with Crippen molar-refractivity contribution in [2.24, 2.45) is 5.92 Å². The van der Waals surface area contributed by atoms with Gasteiger partial charge in [-0.25, -0.2) is 8.42 Å². The van der Waals surface area contributed by atoms with E-state index in [0.717, 1.165) is 12.8 Å². The molecule has 0 saturated carbocycles. The van der Waals surface area contributed by atoms with Crippen molar-refractivity contribution in [1.82, 2.24) is 4.31 Å². The molecule has 0 bridgehead atoms. The van der Waals surface area contributed by atoms with Gasteiger partial charge in [-0.3, -0.25) is 0 Å². The van der Waals surface area contributed by atoms with Crippen LogP contribution in [0.5, 0.6) is 0 Å². The number of benzene rings is 1. The molecule has 7 heteroatoms. The second-order valence-corrected chi connectivity index (χ2v) is 7.12. The highest BCUT2D eigenvalue weighted by molar-refractivity contribution is 7.89. The average molecular weight is 315 g/mol. The van der Waals surface area contributed by atoms with Crippen molar-refractivity contribution in [3.63, 3.8) is 0 Å². The lowest BCUT2D eigenvalue weighted by atomic mass is 10.0. The summed E-state index contributed by atoms with van der Waals surface area (Å²) in [5.74, 6) is -0.0318. The number of sulfonamides is 1. The largest absolute Gasteiger partial charge is 0.396 e. The first-order valence-electron chi connectivity index (χ1n) is 6.29. The Hall–Kier alpha value is -1.13. The highest BCUT2D eigenvalue weighted by atomic mass is 35.5. The van der Waals surface area contributed by atoms with Crippen LogP contribution in [0, 0.1) is 17.2 Å². The van der Waals surface area contributed by atoms with E-state index in [1.54, 1.807) is 0 Å². The van der Waals surface area contributed by atoms with E-state index in [1.807, 2.05) is 6.07 Å². The zero-order valence-corrected chi connectivity index (χ0v) is 12.4. The van der Waals surface area contributed by atoms with Crippen molar-refractivity contribution in [3.8, 4) is 6.07 Å². The van der Waals surface area contributed by atoms with Gasteiger partial charge in [-0.1, -0.05) is 11.6 Å². The molecule has 1 unspecified atom stereocenters. The topological polar surface area (TPSA) is 81.4 Å². The highest BCUT2D eigenvalue weighted by Crippen LogP contribution is 2.28. The third kappa shape index (κ3) is 2.96. The van der Waals surface area contributed by atoms with Crippen molar-refractivity contribution in [2.75, 3.05) is 19.7 Å². The summed E-state index contributed by atoms with van der Waals surface area (Å²) in [6.45, 7) is 0.706. The molecular formula is C13H15ClN2O3S. The maximum Gasteiger partial charge on any atom is 0.244 e. The van der Waals surface area contributed by atoms with Gasteiger partial charge < -0.3 is 5.11 Å². The minimum atomic E-state index is -3.68. The van der Waals surface area contributed by atoms with Crippen LogP contribution in [0.1, 0.15) is 18.4 Å². The van der Waals surface area contributed by atoms with Crippen LogP contribution in [0.4, 0.5) is 0 Å². The summed E-state index contributed by atoms with van der Waals surface area (Å²) in [5.41, 5.74) is 0.320. The Labute approximate surface area is 123 Å². The van der Waals surface area contributed by atoms with Gasteiger partial charge in [-0.15, -0.1) is 0 Å². The molecule has 1 fully saturated rings. The van der Waals surface area contributed by atoms with Gasteiger partial charge in [0.15, 0.2) is 0 Å². The van der Waals surface area contributed by atoms with E-state index < -0.39 is 10.0 Å². The standard InChI is InChI=1S/C13H15ClN2O3S/c14-12-6-10(7-15)3-4-13(12)20(18,19)16-5-1-2-11(8-16)9-17/h3-4,6,11,17H,1-2,5,8-9H2. The van der Waals surface area contributed by atoms with E-state index in [0.29, 0.717) is 18.7 Å². The smallest absolute Gasteiger partial charge is 0.244 e. The first-order chi connectivity index (χ1) is 9.48. The Morgan fingerprint density at radius 1 is 1.50 bits per heavy atom. The van der Waals surface area contributed by atoms with Crippen LogP contribution in [0.15, 0.2) is 23.1 Å². The van der Waals surface area contributed by atoms with Crippen molar-refractivity contribution in [2.45, 2.75) is 17.7 Å². The van der Waals surface area contributed by atoms with Crippen LogP contribution in [-0.2, 0) is 10.0 Å². The molecule has 20 heavy (non-hydrogen) atoms. The lowest BCUT2D eigenvalue weighted by molar-refractivity contribution is 0.165. The van der Waals surface area contributed by atoms with Gasteiger partial charge in [0.25, 0.3) is 0 Å². The van der Waals surface area contributed by atoms with Crippen LogP contribution in [-0.4, -0.2) is 37.5 Å². The number of nitriles is 1. The first-order valence-corrected chi connectivity index (χ1v) is 8.11. The van der Waals surface area contributed by atoms with E-state index in [9.17, 15) is 13.5 Å². The van der Waals surface area contributed by atoms with Crippen LogP contribution in [0.25, 0.3) is 0 Å². The Kier molecular flexibility index (Phi) is 4.66. The lowest BCUT2D eigenvalue weighted by Gasteiger charge is -2.31. The van der Waals surface area contributed by atoms with E-state index in [-0.39, 0.29) is 22.4 Å². The molecule has 1 aliphatic rings. The zero-order chi connectivity index (χ0) is 14.8. The van der Waals surface area contributed by atoms with Gasteiger partial charge >= 0.3 is 0 Å². The molecule has 1 aliphatic heterocycles. The van der Waals surface area contributed by atoms with Gasteiger partial charge in [0, 0.05) is 19.7 Å². The molecule has 1 saturated heterocycles. The van der Waals surface area contributed by atoms with Crippen molar-refractivity contribution in [3.05, 3.63) is 28.8 Å². The summed E-state index contributed by atoms with van der Waals surface area (Å²) in [6.07, 6.45) is 1.54. The number of hydrogen-bond donors (Lipinski definition) is 1. The normalized spacial score (nSPS) is 20.6. The summed E-state index contributed by atoms with van der Waals surface area (Å²) in [5, 5.41) is 18.0. The van der Waals surface area contributed by atoms with Gasteiger partial charge in [0.05, 0.1) is 16.7 Å². The fourth-order valence-electron chi connectivity index (χ4n) is 2.31. The summed E-state index contributed by atoms with van der Waals surface area (Å²) in [6, 6.07) is 6.06. The fourth-order valence-corrected chi connectivity index (χ4v) is 4.39. The van der Waals surface area contributed by atoms with Gasteiger partial charge in [-0.05, 0) is 37.0 Å². The Morgan fingerprint density at radius 2 is 2.25 bits per heavy atom. The van der Waals surface area contributed by atoms with Crippen molar-refractivity contribution >= 4 is 21.6 Å². The molecule has 1 aromatic rings. The van der Waals surface area contributed by atoms with E-state index in [1.165, 1.54) is 22.5 Å². The summed E-state index contributed by atoms with van der Waals surface area (Å²) in [4.78, 5) is 0.0109. The van der Waals surface area contributed by atoms with Crippen LogP contribution in [0.2, 0.25) is 5.02 Å². The summed E-state index contributed by atoms with van der Waals surface area (Å²) < 4.78 is 26.4. The van der Waals surface area contributed by atoms with Crippen molar-refractivity contribution < 1.29 is 13.5 Å². The molecule has 108 valence electrons. The second-order valence-electron chi connectivity index (χ2n) is 4.81. The van der Waals surface area contributed by atoms with E-state index in [2.05, 4.69) is 0 Å². The molecule has 0 radical (unpaired) electrons. The molecule has 5 nitrogen and oxygen atoms in total. The average Bonchev–Trinajstić information content (AvgIpc) is 2.46. The lowest BCUT2D eigenvalue weighted by Crippen LogP contribution is -2.40. The molecule has 1 atom stereocenters. The number of hydrogen-bond acceptors (Lipinski definition) is 4. The minimum absolute atomic E-state index is 0.0109. The molecular weight excluding hydrogens is 300 g/mol. The molecule has 1 aromatic carbocycles. The molecule has 0 aromatic heterocycles. The van der Waals surface area contributed by atoms with Crippen molar-refractivity contribution in [1.29, 1.82) is 5.26 Å². The fraction of sp³-hybridized carbons (Fsp3) is 0.462. The van der Waals surface area contributed by atoms with Gasteiger partial charge in [0.2, 0.25) is 10.0 Å². The molecule has 2 rings (SSSR count). The number of aliphatic hydroxyl groups excluding tert-OH is 1. The monoisotopic (exact) mass is 314 g/mol. The predicted octanol–water partition coefficient (Wildman–Crippen LogP) is 1.60. The quantitative estimate of drug-likeness (QED) is 0.919. The van der Waals surface area contributed by atoms with E-state index in [4.69, 9.17) is 16.9 Å². The predicted molar refractivity (Wildman–Crippen MR) is 74.7 cm³/mol. The number of piperidine rings is 1. The Bertz CT molecular complexity index is 640. The third-order valence-electron chi connectivity index (χ3n) is 3.42. The van der Waals surface area contributed by atoms with Gasteiger partial charge in [0.1, 0.15) is 4.90 Å². The zero-order valence-electron chi connectivity index (χ0n) is 10.8. The molecule has 0 aliphatic carbocycles. The number of nitrogens with zero attached hydrogens (tertiary/aromatic N) is 2. The van der Waals surface area contributed by atoms with Crippen LogP contribution >= 0.6 is 11.6 Å². The molecule has 1 heterocycles. The number of aliphatic hydroxyl groups is 1. The van der Waals surface area contributed by atoms with Crippen LogP contribution < -0.4 is 0 Å². The Balaban J connectivity index is 2.33. The van der Waals surface area contributed by atoms with Crippen LogP contribution in [0.3, 0.4) is 0 Å². The molecule has 0 amide bonds. The first kappa shape index (κ1) is 15.3. The van der Waals surface area contributed by atoms with Gasteiger partial charge in [-0.2, -0.15) is 9.57 Å². The SMILES string of the molecule is N#Cc1ccc(S(=O)(=O)N2CCCC(CO)C2)c(Cl)c1. The minimum Gasteiger partial charge on any atom is -0.396 e. The van der Waals surface area contributed by atoms with E-state index >= 15 is 0 Å². The summed E-state index contributed by atoms with van der Waals surface area (Å²) in [7, 11) is -3.68.